The van der Waals surface area contributed by atoms with Crippen molar-refractivity contribution in [2.45, 2.75) is 27.3 Å². The van der Waals surface area contributed by atoms with E-state index in [9.17, 15) is 4.79 Å². The number of aromatic amines is 1. The van der Waals surface area contributed by atoms with E-state index in [2.05, 4.69) is 30.7 Å². The third-order valence-corrected chi connectivity index (χ3v) is 2.43. The second-order valence-electron chi connectivity index (χ2n) is 5.10. The van der Waals surface area contributed by atoms with Gasteiger partial charge in [0, 0.05) is 12.7 Å². The Morgan fingerprint density at radius 3 is 2.81 bits per heavy atom. The molecule has 0 atom stereocenters. The molecule has 16 heavy (non-hydrogen) atoms. The molecule has 2 aromatic rings. The number of nitrogens with zero attached hydrogens (tertiary/aromatic N) is 2. The Morgan fingerprint density at radius 1 is 1.50 bits per heavy atom. The largest absolute Gasteiger partial charge is 0.327 e. The Labute approximate surface area is 98.3 Å². The van der Waals surface area contributed by atoms with Crippen LogP contribution >= 0.6 is 11.6 Å². The summed E-state index contributed by atoms with van der Waals surface area (Å²) in [5.74, 6) is 0. The summed E-state index contributed by atoms with van der Waals surface area (Å²) in [6.45, 7) is 6.87. The van der Waals surface area contributed by atoms with Gasteiger partial charge in [-0.1, -0.05) is 32.4 Å². The van der Waals surface area contributed by atoms with Gasteiger partial charge in [0.25, 0.3) is 0 Å². The number of rotatable bonds is 1. The lowest BCUT2D eigenvalue weighted by Crippen LogP contribution is -2.24. The second kappa shape index (κ2) is 3.63. The molecule has 0 aliphatic carbocycles. The van der Waals surface area contributed by atoms with Crippen LogP contribution in [0.3, 0.4) is 0 Å². The average molecular weight is 240 g/mol. The van der Waals surface area contributed by atoms with Crippen LogP contribution in [0.1, 0.15) is 20.8 Å². The molecular weight excluding hydrogens is 226 g/mol. The molecule has 0 saturated heterocycles. The molecule has 2 rings (SSSR count). The standard InChI is InChI=1S/C11H14ClN3O/c1-11(2,3)6-15-8-4-7(12)5-13-9(8)14-10(15)16/h4-5H,6H2,1-3H3,(H,13,14,16). The first-order valence-electron chi connectivity index (χ1n) is 5.11. The summed E-state index contributed by atoms with van der Waals surface area (Å²) in [4.78, 5) is 18.6. The maximum atomic E-state index is 11.8. The molecule has 0 spiro atoms. The molecule has 0 radical (unpaired) electrons. The normalized spacial score (nSPS) is 12.2. The molecule has 5 heteroatoms. The zero-order valence-corrected chi connectivity index (χ0v) is 10.3. The van der Waals surface area contributed by atoms with Gasteiger partial charge in [-0.2, -0.15) is 0 Å². The maximum Gasteiger partial charge on any atom is 0.327 e. The SMILES string of the molecule is CC(C)(C)Cn1c(=O)[nH]c2ncc(Cl)cc21. The highest BCUT2D eigenvalue weighted by molar-refractivity contribution is 6.31. The molecule has 0 fully saturated rings. The van der Waals surface area contributed by atoms with E-state index >= 15 is 0 Å². The van der Waals surface area contributed by atoms with Crippen LogP contribution in [0.25, 0.3) is 11.2 Å². The van der Waals surface area contributed by atoms with Crippen LogP contribution in [0.4, 0.5) is 0 Å². The fourth-order valence-electron chi connectivity index (χ4n) is 1.64. The van der Waals surface area contributed by atoms with E-state index in [4.69, 9.17) is 11.6 Å². The second-order valence-corrected chi connectivity index (χ2v) is 5.53. The lowest BCUT2D eigenvalue weighted by Gasteiger charge is -2.18. The van der Waals surface area contributed by atoms with Gasteiger partial charge in [-0.05, 0) is 11.5 Å². The number of hydrogen-bond acceptors (Lipinski definition) is 2. The Kier molecular flexibility index (Phi) is 2.54. The lowest BCUT2D eigenvalue weighted by molar-refractivity contribution is 0.344. The van der Waals surface area contributed by atoms with Crippen LogP contribution in [0.2, 0.25) is 5.02 Å². The molecule has 1 N–H and O–H groups in total. The summed E-state index contributed by atoms with van der Waals surface area (Å²) in [6.07, 6.45) is 1.53. The van der Waals surface area contributed by atoms with Crippen molar-refractivity contribution in [1.82, 2.24) is 14.5 Å². The summed E-state index contributed by atoms with van der Waals surface area (Å²) in [5.41, 5.74) is 1.23. The Balaban J connectivity index is 2.63. The maximum absolute atomic E-state index is 11.8. The summed E-state index contributed by atoms with van der Waals surface area (Å²) in [5, 5.41) is 0.536. The number of pyridine rings is 1. The van der Waals surface area contributed by atoms with Crippen LogP contribution in [-0.2, 0) is 6.54 Å². The highest BCUT2D eigenvalue weighted by Gasteiger charge is 2.16. The lowest BCUT2D eigenvalue weighted by atomic mass is 9.97. The third-order valence-electron chi connectivity index (χ3n) is 2.23. The molecule has 86 valence electrons. The highest BCUT2D eigenvalue weighted by Crippen LogP contribution is 2.19. The van der Waals surface area contributed by atoms with E-state index in [1.54, 1.807) is 10.6 Å². The van der Waals surface area contributed by atoms with Crippen LogP contribution < -0.4 is 5.69 Å². The first-order valence-corrected chi connectivity index (χ1v) is 5.49. The van der Waals surface area contributed by atoms with Crippen LogP contribution in [-0.4, -0.2) is 14.5 Å². The molecule has 0 bridgehead atoms. The van der Waals surface area contributed by atoms with Crippen LogP contribution in [0, 0.1) is 5.41 Å². The van der Waals surface area contributed by atoms with E-state index in [1.165, 1.54) is 6.20 Å². The van der Waals surface area contributed by atoms with Gasteiger partial charge in [0.2, 0.25) is 0 Å². The van der Waals surface area contributed by atoms with Crippen molar-refractivity contribution in [1.29, 1.82) is 0 Å². The van der Waals surface area contributed by atoms with Gasteiger partial charge in [0.05, 0.1) is 10.5 Å². The molecule has 2 aromatic heterocycles. The summed E-state index contributed by atoms with van der Waals surface area (Å²) >= 11 is 5.88. The summed E-state index contributed by atoms with van der Waals surface area (Å²) in [6, 6.07) is 1.76. The van der Waals surface area contributed by atoms with E-state index in [1.807, 2.05) is 0 Å². The highest BCUT2D eigenvalue weighted by atomic mass is 35.5. The number of fused-ring (bicyclic) bond motifs is 1. The quantitative estimate of drug-likeness (QED) is 0.831. The first-order chi connectivity index (χ1) is 7.37. The fourth-order valence-corrected chi connectivity index (χ4v) is 1.79. The van der Waals surface area contributed by atoms with E-state index in [0.717, 1.165) is 5.52 Å². The van der Waals surface area contributed by atoms with E-state index < -0.39 is 0 Å². The molecule has 0 unspecified atom stereocenters. The monoisotopic (exact) mass is 239 g/mol. The zero-order chi connectivity index (χ0) is 11.9. The van der Waals surface area contributed by atoms with Crippen LogP contribution in [0.5, 0.6) is 0 Å². The Morgan fingerprint density at radius 2 is 2.19 bits per heavy atom. The minimum Gasteiger partial charge on any atom is -0.290 e. The minimum atomic E-state index is -0.139. The number of halogens is 1. The number of imidazole rings is 1. The predicted molar refractivity (Wildman–Crippen MR) is 64.8 cm³/mol. The molecule has 4 nitrogen and oxygen atoms in total. The van der Waals surface area contributed by atoms with Crippen molar-refractivity contribution in [2.75, 3.05) is 0 Å². The average Bonchev–Trinajstić information content (AvgIpc) is 2.42. The number of nitrogens with one attached hydrogen (secondary N) is 1. The van der Waals surface area contributed by atoms with Crippen molar-refractivity contribution in [3.8, 4) is 0 Å². The third kappa shape index (κ3) is 2.11. The topological polar surface area (TPSA) is 50.7 Å². The fraction of sp³-hybridized carbons (Fsp3) is 0.455. The van der Waals surface area contributed by atoms with Gasteiger partial charge >= 0.3 is 5.69 Å². The van der Waals surface area contributed by atoms with Crippen molar-refractivity contribution >= 4 is 22.8 Å². The Hall–Kier alpha value is -1.29. The Bertz CT molecular complexity index is 577. The van der Waals surface area contributed by atoms with Crippen LogP contribution in [0.15, 0.2) is 17.1 Å². The van der Waals surface area contributed by atoms with Crippen molar-refractivity contribution in [3.63, 3.8) is 0 Å². The first kappa shape index (κ1) is 11.2. The minimum absolute atomic E-state index is 0.0290. The molecule has 0 aliphatic rings. The van der Waals surface area contributed by atoms with E-state index in [-0.39, 0.29) is 11.1 Å². The molecule has 0 saturated carbocycles. The van der Waals surface area contributed by atoms with Gasteiger partial charge in [-0.3, -0.25) is 9.55 Å². The number of H-pyrrole nitrogens is 1. The molecule has 0 aliphatic heterocycles. The molecule has 0 amide bonds. The molecular formula is C11H14ClN3O. The van der Waals surface area contributed by atoms with Crippen molar-refractivity contribution < 1.29 is 0 Å². The van der Waals surface area contributed by atoms with Gasteiger partial charge < -0.3 is 0 Å². The zero-order valence-electron chi connectivity index (χ0n) is 9.54. The van der Waals surface area contributed by atoms with Gasteiger partial charge in [-0.15, -0.1) is 0 Å². The van der Waals surface area contributed by atoms with Gasteiger partial charge in [0.15, 0.2) is 5.65 Å². The van der Waals surface area contributed by atoms with Gasteiger partial charge in [-0.25, -0.2) is 9.78 Å². The molecule has 0 aromatic carbocycles. The van der Waals surface area contributed by atoms with Crippen molar-refractivity contribution in [3.05, 3.63) is 27.8 Å². The number of hydrogen-bond donors (Lipinski definition) is 1. The predicted octanol–water partition coefficient (Wildman–Crippen LogP) is 2.42. The number of aromatic nitrogens is 3. The summed E-state index contributed by atoms with van der Waals surface area (Å²) < 4.78 is 1.67. The van der Waals surface area contributed by atoms with E-state index in [0.29, 0.717) is 17.2 Å². The van der Waals surface area contributed by atoms with Gasteiger partial charge in [0.1, 0.15) is 0 Å². The summed E-state index contributed by atoms with van der Waals surface area (Å²) in [7, 11) is 0. The molecule has 2 heterocycles. The smallest absolute Gasteiger partial charge is 0.290 e. The van der Waals surface area contributed by atoms with Crippen molar-refractivity contribution in [2.24, 2.45) is 5.41 Å².